The molecule has 1 fully saturated rings. The number of rotatable bonds is 1. The Morgan fingerprint density at radius 2 is 1.95 bits per heavy atom. The van der Waals surface area contributed by atoms with Crippen LogP contribution < -0.4 is 0 Å². The maximum absolute atomic E-state index is 10.2. The average molecular weight is 361 g/mol. The zero-order valence-electron chi connectivity index (χ0n) is 11.8. The topological polar surface area (TPSA) is 79.2 Å². The van der Waals surface area contributed by atoms with Gasteiger partial charge in [-0.1, -0.05) is 28.1 Å². The quantitative estimate of drug-likeness (QED) is 0.480. The summed E-state index contributed by atoms with van der Waals surface area (Å²) in [5, 5.41) is 29.9. The van der Waals surface area contributed by atoms with E-state index in [4.69, 9.17) is 9.47 Å². The van der Waals surface area contributed by atoms with Crippen LogP contribution in [-0.2, 0) is 9.47 Å². The first-order valence-corrected chi connectivity index (χ1v) is 7.97. The molecule has 6 heteroatoms. The van der Waals surface area contributed by atoms with Crippen molar-refractivity contribution in [3.8, 4) is 0 Å². The van der Waals surface area contributed by atoms with E-state index in [-0.39, 0.29) is 24.7 Å². The molecule has 0 aliphatic carbocycles. The lowest BCUT2D eigenvalue weighted by molar-refractivity contribution is -0.218. The van der Waals surface area contributed by atoms with Crippen molar-refractivity contribution in [2.24, 2.45) is 0 Å². The van der Waals surface area contributed by atoms with Crippen LogP contribution in [0.15, 0.2) is 28.9 Å². The molecule has 2 bridgehead atoms. The van der Waals surface area contributed by atoms with Crippen molar-refractivity contribution in [2.45, 2.75) is 62.5 Å². The van der Waals surface area contributed by atoms with Gasteiger partial charge in [0, 0.05) is 11.4 Å². The molecule has 0 aromatic carbocycles. The first-order chi connectivity index (χ1) is 10.0. The monoisotopic (exact) mass is 360 g/mol. The lowest BCUT2D eigenvalue weighted by Gasteiger charge is -2.41. The van der Waals surface area contributed by atoms with Gasteiger partial charge in [-0.25, -0.2) is 0 Å². The summed E-state index contributed by atoms with van der Waals surface area (Å²) >= 11 is 3.15. The second kappa shape index (κ2) is 7.70. The van der Waals surface area contributed by atoms with E-state index >= 15 is 0 Å². The zero-order valence-corrected chi connectivity index (χ0v) is 13.4. The van der Waals surface area contributed by atoms with E-state index in [9.17, 15) is 15.3 Å². The van der Waals surface area contributed by atoms with E-state index in [1.807, 2.05) is 6.92 Å². The van der Waals surface area contributed by atoms with Gasteiger partial charge in [0.2, 0.25) is 0 Å². The lowest BCUT2D eigenvalue weighted by atomic mass is 9.95. The summed E-state index contributed by atoms with van der Waals surface area (Å²) in [6, 6.07) is 0. The van der Waals surface area contributed by atoms with E-state index in [0.717, 1.165) is 0 Å². The number of ether oxygens (including phenoxy) is 2. The fourth-order valence-corrected chi connectivity index (χ4v) is 2.80. The molecule has 2 aliphatic heterocycles. The van der Waals surface area contributed by atoms with Crippen LogP contribution in [0.4, 0.5) is 0 Å². The third kappa shape index (κ3) is 4.27. The summed E-state index contributed by atoms with van der Waals surface area (Å²) in [5.41, 5.74) is 2.91. The maximum atomic E-state index is 10.2. The third-order valence-corrected chi connectivity index (χ3v) is 4.07. The fraction of sp³-hybridized carbons (Fsp3) is 0.667. The van der Waals surface area contributed by atoms with Crippen molar-refractivity contribution in [1.82, 2.24) is 0 Å². The number of fused-ring (bicyclic) bond motifs is 2. The molecule has 118 valence electrons. The summed E-state index contributed by atoms with van der Waals surface area (Å²) in [7, 11) is 0. The maximum Gasteiger partial charge on any atom is 0.113 e. The van der Waals surface area contributed by atoms with Gasteiger partial charge in [-0.05, 0) is 19.4 Å². The third-order valence-electron chi connectivity index (χ3n) is 3.81. The molecule has 3 N–H and O–H groups in total. The van der Waals surface area contributed by atoms with E-state index in [2.05, 4.69) is 21.7 Å². The molecule has 0 radical (unpaired) electrons. The molecule has 7 atom stereocenters. The molecular weight excluding hydrogens is 340 g/mol. The highest BCUT2D eigenvalue weighted by molar-refractivity contribution is 9.11. The standard InChI is InChI=1S/C15H21BrO5/c1-9-15-12(19)8-11(18)10(17)4-2-5-14(21-15)13(20-9)6-3-7-16/h2,5-7,9-15,17-19H,4,8H2,1H3/b5-2-/t3?,9-,10+,11+,12+,13+,14+,15+/m0/s1. The van der Waals surface area contributed by atoms with Crippen LogP contribution in [0.2, 0.25) is 0 Å². The number of hydrogen-bond donors (Lipinski definition) is 3. The molecule has 2 aliphatic rings. The fourth-order valence-electron chi connectivity index (χ4n) is 2.64. The summed E-state index contributed by atoms with van der Waals surface area (Å²) in [4.78, 5) is 1.60. The molecular formula is C15H21BrO5. The van der Waals surface area contributed by atoms with Gasteiger partial charge in [-0.3, -0.25) is 0 Å². The minimum absolute atomic E-state index is 0.0574. The molecule has 2 heterocycles. The van der Waals surface area contributed by atoms with Crippen molar-refractivity contribution < 1.29 is 24.8 Å². The van der Waals surface area contributed by atoms with E-state index in [1.165, 1.54) is 0 Å². The number of aliphatic hydroxyl groups excluding tert-OH is 3. The molecule has 0 amide bonds. The van der Waals surface area contributed by atoms with Crippen molar-refractivity contribution >= 4 is 15.9 Å². The Hall–Kier alpha value is -0.460. The van der Waals surface area contributed by atoms with Crippen LogP contribution in [0, 0.1) is 0 Å². The molecule has 2 rings (SSSR count). The van der Waals surface area contributed by atoms with Crippen LogP contribution in [0.3, 0.4) is 0 Å². The Morgan fingerprint density at radius 1 is 1.19 bits per heavy atom. The highest BCUT2D eigenvalue weighted by Gasteiger charge is 2.39. The normalized spacial score (nSPS) is 45.3. The highest BCUT2D eigenvalue weighted by Crippen LogP contribution is 2.27. The molecule has 5 nitrogen and oxygen atoms in total. The summed E-state index contributed by atoms with van der Waals surface area (Å²) in [6.45, 7) is 1.82. The first-order valence-electron chi connectivity index (χ1n) is 7.06. The molecule has 1 saturated heterocycles. The van der Waals surface area contributed by atoms with Crippen LogP contribution in [-0.4, -0.2) is 58.0 Å². The van der Waals surface area contributed by atoms with Gasteiger partial charge in [0.15, 0.2) is 0 Å². The van der Waals surface area contributed by atoms with Crippen LogP contribution in [0.5, 0.6) is 0 Å². The SMILES string of the molecule is C[C@@H]1O[C@H](C=C=CBr)[C@H]2/C=C\C[C@@H](O)[C@H](O)C[C@@H](O)[C@@H]1O2. The van der Waals surface area contributed by atoms with Gasteiger partial charge in [0.05, 0.1) is 24.4 Å². The Bertz CT molecular complexity index is 432. The van der Waals surface area contributed by atoms with Crippen LogP contribution in [0.25, 0.3) is 0 Å². The first kappa shape index (κ1) is 16.9. The molecule has 0 spiro atoms. The van der Waals surface area contributed by atoms with Crippen molar-refractivity contribution in [3.05, 3.63) is 28.9 Å². The smallest absolute Gasteiger partial charge is 0.113 e. The van der Waals surface area contributed by atoms with Gasteiger partial charge < -0.3 is 24.8 Å². The average Bonchev–Trinajstić information content (AvgIpc) is 2.45. The Labute approximate surface area is 132 Å². The second-order valence-corrected chi connectivity index (χ2v) is 5.87. The Balaban J connectivity index is 2.24. The van der Waals surface area contributed by atoms with E-state index in [0.29, 0.717) is 6.42 Å². The minimum atomic E-state index is -0.981. The number of hydrogen-bond acceptors (Lipinski definition) is 5. The van der Waals surface area contributed by atoms with Crippen LogP contribution >= 0.6 is 15.9 Å². The zero-order chi connectivity index (χ0) is 15.4. The second-order valence-electron chi connectivity index (χ2n) is 5.42. The number of halogens is 1. The Kier molecular flexibility index (Phi) is 6.20. The summed E-state index contributed by atoms with van der Waals surface area (Å²) < 4.78 is 11.8. The molecule has 0 saturated carbocycles. The molecule has 0 unspecified atom stereocenters. The lowest BCUT2D eigenvalue weighted by Crippen LogP contribution is -2.53. The summed E-state index contributed by atoms with van der Waals surface area (Å²) in [6.07, 6.45) is 1.38. The van der Waals surface area contributed by atoms with Gasteiger partial charge >= 0.3 is 0 Å². The number of aliphatic hydroxyl groups is 3. The van der Waals surface area contributed by atoms with Gasteiger partial charge in [0.25, 0.3) is 0 Å². The minimum Gasteiger partial charge on any atom is -0.390 e. The van der Waals surface area contributed by atoms with Crippen LogP contribution in [0.1, 0.15) is 19.8 Å². The van der Waals surface area contributed by atoms with Gasteiger partial charge in [0.1, 0.15) is 18.3 Å². The van der Waals surface area contributed by atoms with Crippen molar-refractivity contribution in [1.29, 1.82) is 0 Å². The molecule has 21 heavy (non-hydrogen) atoms. The largest absolute Gasteiger partial charge is 0.390 e. The summed E-state index contributed by atoms with van der Waals surface area (Å²) in [5.74, 6) is 0. The predicted octanol–water partition coefficient (Wildman–Crippen LogP) is 1.02. The van der Waals surface area contributed by atoms with E-state index < -0.39 is 24.4 Å². The van der Waals surface area contributed by atoms with Crippen molar-refractivity contribution in [2.75, 3.05) is 0 Å². The van der Waals surface area contributed by atoms with Gasteiger partial charge in [-0.2, -0.15) is 0 Å². The molecule has 0 aromatic heterocycles. The van der Waals surface area contributed by atoms with E-state index in [1.54, 1.807) is 23.2 Å². The van der Waals surface area contributed by atoms with Gasteiger partial charge in [-0.15, -0.1) is 5.73 Å². The molecule has 0 aromatic rings. The van der Waals surface area contributed by atoms with Crippen molar-refractivity contribution in [3.63, 3.8) is 0 Å². The highest BCUT2D eigenvalue weighted by atomic mass is 79.9. The Morgan fingerprint density at radius 3 is 2.67 bits per heavy atom. The predicted molar refractivity (Wildman–Crippen MR) is 81.0 cm³/mol.